The number of aromatic nitrogens is 2. The van der Waals surface area contributed by atoms with Gasteiger partial charge in [-0.05, 0) is 39.5 Å². The van der Waals surface area contributed by atoms with E-state index in [1.807, 2.05) is 0 Å². The van der Waals surface area contributed by atoms with E-state index < -0.39 is 0 Å². The second-order valence-corrected chi connectivity index (χ2v) is 8.97. The van der Waals surface area contributed by atoms with Crippen LogP contribution in [0.25, 0.3) is 0 Å². The third kappa shape index (κ3) is 4.83. The molecule has 2 saturated carbocycles. The summed E-state index contributed by atoms with van der Waals surface area (Å²) in [6, 6.07) is 1.29. The van der Waals surface area contributed by atoms with Crippen LogP contribution >= 0.6 is 23.1 Å². The summed E-state index contributed by atoms with van der Waals surface area (Å²) >= 11 is 3.08. The molecule has 0 atom stereocenters. The van der Waals surface area contributed by atoms with Crippen molar-refractivity contribution in [3.63, 3.8) is 0 Å². The van der Waals surface area contributed by atoms with E-state index in [9.17, 15) is 4.79 Å². The van der Waals surface area contributed by atoms with Crippen molar-refractivity contribution in [3.8, 4) is 0 Å². The van der Waals surface area contributed by atoms with Gasteiger partial charge < -0.3 is 10.2 Å². The molecule has 5 nitrogen and oxygen atoms in total. The first-order valence-electron chi connectivity index (χ1n) is 8.67. The van der Waals surface area contributed by atoms with Crippen molar-refractivity contribution >= 4 is 34.1 Å². The Balaban J connectivity index is 1.52. The molecule has 0 radical (unpaired) electrons. The summed E-state index contributed by atoms with van der Waals surface area (Å²) in [4.78, 5) is 14.8. The Morgan fingerprint density at radius 2 is 2.00 bits per heavy atom. The van der Waals surface area contributed by atoms with E-state index in [2.05, 4.69) is 34.3 Å². The number of nitrogens with one attached hydrogen (secondary N) is 1. The summed E-state index contributed by atoms with van der Waals surface area (Å²) in [5, 5.41) is 12.6. The first-order chi connectivity index (χ1) is 11.1. The summed E-state index contributed by atoms with van der Waals surface area (Å²) < 4.78 is 0.883. The van der Waals surface area contributed by atoms with Gasteiger partial charge in [-0.2, -0.15) is 0 Å². The fourth-order valence-corrected chi connectivity index (χ4v) is 4.90. The van der Waals surface area contributed by atoms with Crippen LogP contribution in [0.3, 0.4) is 0 Å². The maximum Gasteiger partial charge on any atom is 0.233 e. The van der Waals surface area contributed by atoms with Crippen molar-refractivity contribution in [2.24, 2.45) is 0 Å². The van der Waals surface area contributed by atoms with Crippen LogP contribution in [0.15, 0.2) is 4.34 Å². The van der Waals surface area contributed by atoms with Crippen LogP contribution in [0.2, 0.25) is 0 Å². The monoisotopic (exact) mass is 354 g/mol. The number of hydrogen-bond acceptors (Lipinski definition) is 6. The number of amides is 1. The van der Waals surface area contributed by atoms with Gasteiger partial charge in [0.15, 0.2) is 4.34 Å². The highest BCUT2D eigenvalue weighted by Gasteiger charge is 2.28. The van der Waals surface area contributed by atoms with Crippen molar-refractivity contribution in [2.45, 2.75) is 81.3 Å². The molecule has 1 amide bonds. The van der Waals surface area contributed by atoms with Crippen molar-refractivity contribution in [2.75, 3.05) is 11.1 Å². The van der Waals surface area contributed by atoms with Crippen LogP contribution in [0, 0.1) is 0 Å². The molecule has 0 saturated heterocycles. The van der Waals surface area contributed by atoms with Gasteiger partial charge in [0, 0.05) is 18.1 Å². The van der Waals surface area contributed by atoms with Gasteiger partial charge >= 0.3 is 0 Å². The third-order valence-electron chi connectivity index (χ3n) is 4.44. The van der Waals surface area contributed by atoms with Crippen molar-refractivity contribution < 1.29 is 4.79 Å². The number of anilines is 1. The Morgan fingerprint density at radius 1 is 1.26 bits per heavy atom. The topological polar surface area (TPSA) is 58.1 Å². The zero-order valence-electron chi connectivity index (χ0n) is 14.0. The molecule has 1 aromatic rings. The smallest absolute Gasteiger partial charge is 0.233 e. The Hall–Kier alpha value is -0.820. The second-order valence-electron chi connectivity index (χ2n) is 6.77. The van der Waals surface area contributed by atoms with E-state index >= 15 is 0 Å². The van der Waals surface area contributed by atoms with Gasteiger partial charge in [0.05, 0.1) is 5.75 Å². The van der Waals surface area contributed by atoms with Crippen LogP contribution in [0.4, 0.5) is 5.13 Å². The third-order valence-corrected chi connectivity index (χ3v) is 6.42. The van der Waals surface area contributed by atoms with Crippen LogP contribution in [0.1, 0.15) is 58.8 Å². The molecule has 1 aromatic heterocycles. The zero-order chi connectivity index (χ0) is 16.2. The van der Waals surface area contributed by atoms with Gasteiger partial charge in [0.25, 0.3) is 0 Å². The zero-order valence-corrected chi connectivity index (χ0v) is 15.6. The summed E-state index contributed by atoms with van der Waals surface area (Å²) in [5.41, 5.74) is 0. The maximum absolute atomic E-state index is 12.7. The van der Waals surface area contributed by atoms with Gasteiger partial charge in [-0.25, -0.2) is 0 Å². The van der Waals surface area contributed by atoms with E-state index in [-0.39, 0.29) is 11.9 Å². The average molecular weight is 355 g/mol. The lowest BCUT2D eigenvalue weighted by molar-refractivity contribution is -0.133. The van der Waals surface area contributed by atoms with E-state index in [1.54, 1.807) is 11.3 Å². The average Bonchev–Trinajstić information content (AvgIpc) is 3.23. The quantitative estimate of drug-likeness (QED) is 0.755. The summed E-state index contributed by atoms with van der Waals surface area (Å²) in [6.45, 7) is 4.25. The molecule has 2 fully saturated rings. The molecule has 128 valence electrons. The first kappa shape index (κ1) is 17.0. The molecule has 2 aliphatic carbocycles. The van der Waals surface area contributed by atoms with E-state index in [0.717, 1.165) is 22.3 Å². The molecule has 7 heteroatoms. The van der Waals surface area contributed by atoms with E-state index in [0.29, 0.717) is 17.8 Å². The molecule has 1 N–H and O–H groups in total. The van der Waals surface area contributed by atoms with Gasteiger partial charge in [0.2, 0.25) is 11.0 Å². The number of nitrogens with zero attached hydrogens (tertiary/aromatic N) is 3. The number of thioether (sulfide) groups is 1. The minimum atomic E-state index is 0.240. The highest BCUT2D eigenvalue weighted by molar-refractivity contribution is 8.01. The van der Waals surface area contributed by atoms with Gasteiger partial charge in [-0.15, -0.1) is 10.2 Å². The number of carbonyl (C=O) groups is 1. The fourth-order valence-electron chi connectivity index (χ4n) is 3.20. The lowest BCUT2D eigenvalue weighted by Gasteiger charge is -2.37. The lowest BCUT2D eigenvalue weighted by atomic mass is 9.93. The highest BCUT2D eigenvalue weighted by Crippen LogP contribution is 2.31. The largest absolute Gasteiger partial charge is 0.357 e. The first-order valence-corrected chi connectivity index (χ1v) is 10.5. The van der Waals surface area contributed by atoms with Gasteiger partial charge in [-0.3, -0.25) is 4.79 Å². The van der Waals surface area contributed by atoms with E-state index in [1.165, 1.54) is 43.9 Å². The fraction of sp³-hybridized carbons (Fsp3) is 0.812. The summed E-state index contributed by atoms with van der Waals surface area (Å²) in [5.74, 6) is 0.705. The molecule has 2 aliphatic rings. The van der Waals surface area contributed by atoms with Crippen LogP contribution in [-0.4, -0.2) is 44.9 Å². The molecule has 0 aromatic carbocycles. The predicted molar refractivity (Wildman–Crippen MR) is 96.1 cm³/mol. The standard InChI is InChI=1S/C16H26N4OS2/c1-11(2)20(13-6-4-3-5-7-13)14(21)10-22-16-19-18-15(23-16)17-12-8-9-12/h11-13H,3-10H2,1-2H3,(H,17,18). The van der Waals surface area contributed by atoms with Crippen LogP contribution in [0.5, 0.6) is 0 Å². The minimum absolute atomic E-state index is 0.240. The number of carbonyl (C=O) groups excluding carboxylic acids is 1. The molecule has 1 heterocycles. The second kappa shape index (κ2) is 7.83. The Bertz CT molecular complexity index is 524. The molecular weight excluding hydrogens is 328 g/mol. The molecule has 0 spiro atoms. The highest BCUT2D eigenvalue weighted by atomic mass is 32.2. The SMILES string of the molecule is CC(C)N(C(=O)CSc1nnc(NC2CC2)s1)C1CCCCC1. The Labute approximate surface area is 146 Å². The van der Waals surface area contributed by atoms with Crippen molar-refractivity contribution in [1.82, 2.24) is 15.1 Å². The van der Waals surface area contributed by atoms with E-state index in [4.69, 9.17) is 0 Å². The summed E-state index contributed by atoms with van der Waals surface area (Å²) in [7, 11) is 0. The van der Waals surface area contributed by atoms with Crippen molar-refractivity contribution in [3.05, 3.63) is 0 Å². The maximum atomic E-state index is 12.7. The molecule has 23 heavy (non-hydrogen) atoms. The summed E-state index contributed by atoms with van der Waals surface area (Å²) in [6.07, 6.45) is 8.58. The normalized spacial score (nSPS) is 19.1. The van der Waals surface area contributed by atoms with Gasteiger partial charge in [0.1, 0.15) is 0 Å². The van der Waals surface area contributed by atoms with Gasteiger partial charge in [-0.1, -0.05) is 42.4 Å². The molecule has 3 rings (SSSR count). The predicted octanol–water partition coefficient (Wildman–Crippen LogP) is 3.77. The van der Waals surface area contributed by atoms with Crippen LogP contribution < -0.4 is 5.32 Å². The molecule has 0 aliphatic heterocycles. The number of hydrogen-bond donors (Lipinski definition) is 1. The van der Waals surface area contributed by atoms with Crippen LogP contribution in [-0.2, 0) is 4.79 Å². The minimum Gasteiger partial charge on any atom is -0.357 e. The van der Waals surface area contributed by atoms with Crippen molar-refractivity contribution in [1.29, 1.82) is 0 Å². The number of rotatable bonds is 7. The molecule has 0 bridgehead atoms. The Morgan fingerprint density at radius 3 is 2.65 bits per heavy atom. The molecular formula is C16H26N4OS2. The lowest BCUT2D eigenvalue weighted by Crippen LogP contribution is -2.46. The molecule has 0 unspecified atom stereocenters. The Kier molecular flexibility index (Phi) is 5.80.